The maximum atomic E-state index is 14.6. The highest BCUT2D eigenvalue weighted by molar-refractivity contribution is 6.26. The Morgan fingerprint density at radius 3 is 1.39 bits per heavy atom. The average molecular weight is 595 g/mol. The zero-order valence-corrected chi connectivity index (χ0v) is 22.3. The number of nitriles is 1. The highest BCUT2D eigenvalue weighted by Gasteiger charge is 2.41. The molecular formula is C34H16F6N4. The number of aromatic nitrogens is 2. The highest BCUT2D eigenvalue weighted by Crippen LogP contribution is 2.49. The number of rotatable bonds is 2. The van der Waals surface area contributed by atoms with Crippen LogP contribution in [-0.2, 0) is 12.4 Å². The molecule has 0 unspecified atom stereocenters. The van der Waals surface area contributed by atoms with Gasteiger partial charge in [-0.25, -0.2) is 0 Å². The van der Waals surface area contributed by atoms with Crippen LogP contribution in [0, 0.1) is 11.5 Å². The molecule has 214 valence electrons. The molecule has 1 aliphatic carbocycles. The van der Waals surface area contributed by atoms with Gasteiger partial charge in [-0.3, -0.25) is 9.97 Å². The minimum absolute atomic E-state index is 0.0390. The Balaban J connectivity index is 1.55. The Bertz CT molecular complexity index is 2070. The van der Waals surface area contributed by atoms with Crippen molar-refractivity contribution in [3.05, 3.63) is 120 Å². The summed E-state index contributed by atoms with van der Waals surface area (Å²) in [6.07, 6.45) is -5.30. The first kappa shape index (κ1) is 27.3. The van der Waals surface area contributed by atoms with Crippen LogP contribution in [-0.4, -0.2) is 15.7 Å². The van der Waals surface area contributed by atoms with E-state index < -0.39 is 23.5 Å². The third kappa shape index (κ3) is 4.28. The molecule has 0 atom stereocenters. The Kier molecular flexibility index (Phi) is 6.04. The topological polar surface area (TPSA) is 61.9 Å². The summed E-state index contributed by atoms with van der Waals surface area (Å²) < 4.78 is 87.8. The second kappa shape index (κ2) is 9.74. The smallest absolute Gasteiger partial charge is 0.256 e. The van der Waals surface area contributed by atoms with Crippen molar-refractivity contribution in [3.63, 3.8) is 0 Å². The average Bonchev–Trinajstić information content (AvgIpc) is 3.30. The SMILES string of the molecule is N#CN=C1c2cc(-c3nccc4ccccc34)c(C(F)(F)F)cc2-c2cc(C(F)(F)F)c(-c3nccc4ccccc34)cc21. The monoisotopic (exact) mass is 594 g/mol. The van der Waals surface area contributed by atoms with Crippen LogP contribution in [0.25, 0.3) is 55.2 Å². The zero-order valence-electron chi connectivity index (χ0n) is 22.3. The van der Waals surface area contributed by atoms with Crippen molar-refractivity contribution < 1.29 is 26.3 Å². The molecule has 10 heteroatoms. The molecule has 0 N–H and O–H groups in total. The first-order valence-electron chi connectivity index (χ1n) is 13.2. The van der Waals surface area contributed by atoms with Crippen molar-refractivity contribution in [2.45, 2.75) is 12.4 Å². The van der Waals surface area contributed by atoms with Crippen LogP contribution in [0.1, 0.15) is 22.3 Å². The van der Waals surface area contributed by atoms with Crippen molar-refractivity contribution in [3.8, 4) is 39.8 Å². The molecule has 0 aliphatic heterocycles. The fraction of sp³-hybridized carbons (Fsp3) is 0.0588. The van der Waals surface area contributed by atoms with Crippen LogP contribution in [0.5, 0.6) is 0 Å². The number of pyridine rings is 2. The number of alkyl halides is 6. The van der Waals surface area contributed by atoms with Gasteiger partial charge in [0.15, 0.2) is 0 Å². The van der Waals surface area contributed by atoms with Crippen molar-refractivity contribution in [2.24, 2.45) is 4.99 Å². The van der Waals surface area contributed by atoms with E-state index >= 15 is 0 Å². The molecule has 0 spiro atoms. The minimum Gasteiger partial charge on any atom is -0.256 e. The van der Waals surface area contributed by atoms with E-state index in [0.717, 1.165) is 12.1 Å². The van der Waals surface area contributed by atoms with Crippen LogP contribution in [0.3, 0.4) is 0 Å². The summed E-state index contributed by atoms with van der Waals surface area (Å²) in [5.41, 5.74) is -2.70. The summed E-state index contributed by atoms with van der Waals surface area (Å²) in [5, 5.41) is 11.8. The summed E-state index contributed by atoms with van der Waals surface area (Å²) in [7, 11) is 0. The van der Waals surface area contributed by atoms with E-state index in [2.05, 4.69) is 15.0 Å². The van der Waals surface area contributed by atoms with Crippen LogP contribution >= 0.6 is 0 Å². The summed E-state index contributed by atoms with van der Waals surface area (Å²) >= 11 is 0. The van der Waals surface area contributed by atoms with Crippen molar-refractivity contribution in [1.29, 1.82) is 5.26 Å². The molecule has 0 fully saturated rings. The van der Waals surface area contributed by atoms with Crippen molar-refractivity contribution >= 4 is 27.3 Å². The number of hydrogen-bond acceptors (Lipinski definition) is 4. The normalized spacial score (nSPS) is 12.7. The quantitative estimate of drug-likeness (QED) is 0.148. The Labute approximate surface area is 245 Å². The summed E-state index contributed by atoms with van der Waals surface area (Å²) in [6, 6.07) is 21.0. The standard InChI is InChI=1S/C34H16F6N4/c35-33(36,37)28-15-22-23-16-29(34(38,39)40)27(31-21-8-4-2-6-19(21)10-12-43-31)14-25(23)32(44-17-41)24(22)13-26(28)30-20-7-3-1-5-18(20)9-11-42-30/h1-16H. The lowest BCUT2D eigenvalue weighted by atomic mass is 9.92. The number of aliphatic imine (C=N–C) groups is 1. The first-order chi connectivity index (χ1) is 21.1. The molecule has 0 saturated heterocycles. The molecule has 4 nitrogen and oxygen atoms in total. The number of halogens is 6. The van der Waals surface area contributed by atoms with Gasteiger partial charge in [-0.05, 0) is 58.3 Å². The van der Waals surface area contributed by atoms with E-state index in [-0.39, 0.29) is 50.5 Å². The number of benzene rings is 4. The predicted molar refractivity (Wildman–Crippen MR) is 155 cm³/mol. The van der Waals surface area contributed by atoms with Gasteiger partial charge >= 0.3 is 12.4 Å². The number of fused-ring (bicyclic) bond motifs is 5. The van der Waals surface area contributed by atoms with Gasteiger partial charge in [-0.1, -0.05) is 48.5 Å². The van der Waals surface area contributed by atoms with Gasteiger partial charge in [0.1, 0.15) is 0 Å². The lowest BCUT2D eigenvalue weighted by molar-refractivity contribution is -0.138. The van der Waals surface area contributed by atoms with Crippen molar-refractivity contribution in [1.82, 2.24) is 9.97 Å². The summed E-state index contributed by atoms with van der Waals surface area (Å²) in [4.78, 5) is 12.4. The minimum atomic E-state index is -4.88. The van der Waals surface area contributed by atoms with E-state index in [4.69, 9.17) is 0 Å². The van der Waals surface area contributed by atoms with Crippen molar-refractivity contribution in [2.75, 3.05) is 0 Å². The summed E-state index contributed by atoms with van der Waals surface area (Å²) in [6.45, 7) is 0. The molecule has 0 saturated carbocycles. The molecule has 0 radical (unpaired) electrons. The maximum absolute atomic E-state index is 14.6. The second-order valence-electron chi connectivity index (χ2n) is 10.2. The molecule has 44 heavy (non-hydrogen) atoms. The van der Waals surface area contributed by atoms with Crippen LogP contribution in [0.2, 0.25) is 0 Å². The molecule has 0 amide bonds. The van der Waals surface area contributed by atoms with E-state index in [1.54, 1.807) is 66.9 Å². The largest absolute Gasteiger partial charge is 0.417 e. The number of hydrogen-bond donors (Lipinski definition) is 0. The fourth-order valence-corrected chi connectivity index (χ4v) is 5.88. The molecule has 4 aromatic carbocycles. The first-order valence-corrected chi connectivity index (χ1v) is 13.2. The maximum Gasteiger partial charge on any atom is 0.417 e. The Morgan fingerprint density at radius 1 is 0.545 bits per heavy atom. The van der Waals surface area contributed by atoms with E-state index in [1.165, 1.54) is 24.5 Å². The van der Waals surface area contributed by atoms with E-state index in [9.17, 15) is 31.6 Å². The zero-order chi connectivity index (χ0) is 30.8. The van der Waals surface area contributed by atoms with E-state index in [1.807, 2.05) is 0 Å². The van der Waals surface area contributed by atoms with Gasteiger partial charge in [-0.15, -0.1) is 0 Å². The van der Waals surface area contributed by atoms with Gasteiger partial charge in [0.2, 0.25) is 6.19 Å². The van der Waals surface area contributed by atoms with Crippen LogP contribution in [0.15, 0.2) is 102 Å². The van der Waals surface area contributed by atoms with Crippen LogP contribution in [0.4, 0.5) is 26.3 Å². The summed E-state index contributed by atoms with van der Waals surface area (Å²) in [5.74, 6) is 0. The molecular weight excluding hydrogens is 578 g/mol. The third-order valence-electron chi connectivity index (χ3n) is 7.75. The van der Waals surface area contributed by atoms with Crippen LogP contribution < -0.4 is 0 Å². The van der Waals surface area contributed by atoms with Gasteiger partial charge < -0.3 is 0 Å². The van der Waals surface area contributed by atoms with Gasteiger partial charge in [0, 0.05) is 45.4 Å². The molecule has 1 aliphatic rings. The molecule has 0 bridgehead atoms. The lowest BCUT2D eigenvalue weighted by Crippen LogP contribution is -2.09. The number of nitrogens with zero attached hydrogens (tertiary/aromatic N) is 4. The van der Waals surface area contributed by atoms with Gasteiger partial charge in [-0.2, -0.15) is 36.6 Å². The highest BCUT2D eigenvalue weighted by atomic mass is 19.4. The van der Waals surface area contributed by atoms with Gasteiger partial charge in [0.25, 0.3) is 0 Å². The molecule has 2 heterocycles. The fourth-order valence-electron chi connectivity index (χ4n) is 5.88. The molecule has 7 rings (SSSR count). The lowest BCUT2D eigenvalue weighted by Gasteiger charge is -2.17. The second-order valence-corrected chi connectivity index (χ2v) is 10.2. The molecule has 6 aromatic rings. The van der Waals surface area contributed by atoms with E-state index in [0.29, 0.717) is 21.5 Å². The predicted octanol–water partition coefficient (Wildman–Crippen LogP) is 9.45. The Morgan fingerprint density at radius 2 is 0.977 bits per heavy atom. The molecule has 2 aromatic heterocycles. The van der Waals surface area contributed by atoms with Gasteiger partial charge in [0.05, 0.1) is 28.2 Å². The third-order valence-corrected chi connectivity index (χ3v) is 7.75. The Hall–Kier alpha value is -5.56.